The fraction of sp³-hybridized carbons (Fsp3) is 0.421. The molecule has 1 saturated heterocycles. The van der Waals surface area contributed by atoms with Gasteiger partial charge in [0.15, 0.2) is 5.52 Å². The smallest absolute Gasteiger partial charge is 0.280 e. The summed E-state index contributed by atoms with van der Waals surface area (Å²) in [5.74, 6) is 1.71. The molecule has 8 heteroatoms. The predicted octanol–water partition coefficient (Wildman–Crippen LogP) is 3.00. The Morgan fingerprint density at radius 2 is 1.93 bits per heavy atom. The van der Waals surface area contributed by atoms with Crippen LogP contribution >= 0.6 is 11.6 Å². The first-order valence-corrected chi connectivity index (χ1v) is 9.67. The van der Waals surface area contributed by atoms with Crippen molar-refractivity contribution in [2.24, 2.45) is 0 Å². The zero-order valence-corrected chi connectivity index (χ0v) is 15.5. The van der Waals surface area contributed by atoms with Gasteiger partial charge in [-0.25, -0.2) is 9.50 Å². The van der Waals surface area contributed by atoms with Gasteiger partial charge in [-0.1, -0.05) is 23.7 Å². The second-order valence-electron chi connectivity index (χ2n) is 7.12. The summed E-state index contributed by atoms with van der Waals surface area (Å²) in [6.45, 7) is 2.07. The molecule has 1 atom stereocenters. The fourth-order valence-electron chi connectivity index (χ4n) is 3.97. The maximum atomic E-state index is 12.9. The number of nitrogens with zero attached hydrogens (tertiary/aromatic N) is 4. The van der Waals surface area contributed by atoms with Crippen LogP contribution in [0.4, 0.5) is 5.95 Å². The van der Waals surface area contributed by atoms with E-state index in [1.807, 2.05) is 24.3 Å². The summed E-state index contributed by atoms with van der Waals surface area (Å²) in [6.07, 6.45) is 4.27. The molecule has 2 aliphatic heterocycles. The van der Waals surface area contributed by atoms with Gasteiger partial charge in [0.1, 0.15) is 5.82 Å². The number of hydrogen-bond donors (Lipinski definition) is 1. The Hall–Kier alpha value is -2.38. The van der Waals surface area contributed by atoms with Crippen LogP contribution in [0.3, 0.4) is 0 Å². The zero-order valence-electron chi connectivity index (χ0n) is 14.8. The first kappa shape index (κ1) is 16.8. The van der Waals surface area contributed by atoms with E-state index in [4.69, 9.17) is 21.4 Å². The standard InChI is InChI=1S/C19H20ClN5O2/c20-14-3-1-12(2-4-14)15-5-8-24-18(26)16-11-21-17(13-6-9-27-10-7-13)25(16)23-19(24)22-15/h1-4,11,13,15H,5-10H2,(H,22,23)/t15-/m1/s1. The van der Waals surface area contributed by atoms with Gasteiger partial charge < -0.3 is 10.1 Å². The summed E-state index contributed by atoms with van der Waals surface area (Å²) in [5, 5.41) is 8.88. The summed E-state index contributed by atoms with van der Waals surface area (Å²) in [5.41, 5.74) is 1.62. The number of imidazole rings is 1. The summed E-state index contributed by atoms with van der Waals surface area (Å²) >= 11 is 6.00. The molecule has 0 unspecified atom stereocenters. The van der Waals surface area contributed by atoms with Gasteiger partial charge in [0.25, 0.3) is 5.56 Å². The van der Waals surface area contributed by atoms with Gasteiger partial charge in [0, 0.05) is 30.7 Å². The van der Waals surface area contributed by atoms with Crippen LogP contribution in [0.1, 0.15) is 42.6 Å². The van der Waals surface area contributed by atoms with Crippen molar-refractivity contribution >= 4 is 23.1 Å². The highest BCUT2D eigenvalue weighted by atomic mass is 35.5. The normalized spacial score (nSPS) is 20.4. The van der Waals surface area contributed by atoms with E-state index < -0.39 is 0 Å². The largest absolute Gasteiger partial charge is 0.381 e. The average Bonchev–Trinajstić information content (AvgIpc) is 3.13. The first-order chi connectivity index (χ1) is 13.2. The molecule has 1 fully saturated rings. The van der Waals surface area contributed by atoms with Gasteiger partial charge in [-0.05, 0) is 37.0 Å². The number of hydrogen-bond acceptors (Lipinski definition) is 5. The lowest BCUT2D eigenvalue weighted by Crippen LogP contribution is -2.34. The van der Waals surface area contributed by atoms with Crippen molar-refractivity contribution in [2.75, 3.05) is 18.5 Å². The van der Waals surface area contributed by atoms with Crippen LogP contribution in [0.15, 0.2) is 35.3 Å². The molecule has 140 valence electrons. The summed E-state index contributed by atoms with van der Waals surface area (Å²) < 4.78 is 8.88. The van der Waals surface area contributed by atoms with Crippen molar-refractivity contribution in [3.05, 3.63) is 57.2 Å². The van der Waals surface area contributed by atoms with E-state index in [1.54, 1.807) is 15.3 Å². The van der Waals surface area contributed by atoms with Crippen molar-refractivity contribution in [3.8, 4) is 0 Å². The Kier molecular flexibility index (Phi) is 4.13. The molecule has 5 rings (SSSR count). The number of aromatic nitrogens is 4. The van der Waals surface area contributed by atoms with Crippen molar-refractivity contribution in [1.29, 1.82) is 0 Å². The topological polar surface area (TPSA) is 73.4 Å². The number of nitrogens with one attached hydrogen (secondary N) is 1. The van der Waals surface area contributed by atoms with Crippen LogP contribution < -0.4 is 10.9 Å². The highest BCUT2D eigenvalue weighted by molar-refractivity contribution is 6.30. The molecular weight excluding hydrogens is 366 g/mol. The molecule has 0 saturated carbocycles. The molecule has 0 bridgehead atoms. The first-order valence-electron chi connectivity index (χ1n) is 9.29. The van der Waals surface area contributed by atoms with Crippen molar-refractivity contribution in [2.45, 2.75) is 37.8 Å². The van der Waals surface area contributed by atoms with Gasteiger partial charge >= 0.3 is 0 Å². The molecular formula is C19H20ClN5O2. The number of benzene rings is 1. The van der Waals surface area contributed by atoms with E-state index in [9.17, 15) is 4.79 Å². The molecule has 0 spiro atoms. The summed E-state index contributed by atoms with van der Waals surface area (Å²) in [7, 11) is 0. The third-order valence-electron chi connectivity index (χ3n) is 5.48. The Balaban J connectivity index is 1.54. The lowest BCUT2D eigenvalue weighted by atomic mass is 10.00. The SMILES string of the molecule is O=c1c2cnc(C3CCOCC3)n2nc2n1CC[C@H](c1ccc(Cl)cc1)N2. The van der Waals surface area contributed by atoms with Gasteiger partial charge in [-0.2, -0.15) is 0 Å². The van der Waals surface area contributed by atoms with Gasteiger partial charge in [0.2, 0.25) is 5.95 Å². The van der Waals surface area contributed by atoms with Crippen LogP contribution in [0.25, 0.3) is 5.52 Å². The third-order valence-corrected chi connectivity index (χ3v) is 5.73. The highest BCUT2D eigenvalue weighted by Crippen LogP contribution is 2.29. The molecule has 0 aliphatic carbocycles. The lowest BCUT2D eigenvalue weighted by Gasteiger charge is -2.28. The Labute approximate surface area is 160 Å². The number of fused-ring (bicyclic) bond motifs is 2. The van der Waals surface area contributed by atoms with Crippen molar-refractivity contribution < 1.29 is 4.74 Å². The molecule has 7 nitrogen and oxygen atoms in total. The molecule has 4 heterocycles. The Morgan fingerprint density at radius 3 is 2.70 bits per heavy atom. The lowest BCUT2D eigenvalue weighted by molar-refractivity contribution is 0.0832. The van der Waals surface area contributed by atoms with Crippen LogP contribution in [0.5, 0.6) is 0 Å². The number of rotatable bonds is 2. The number of ether oxygens (including phenoxy) is 1. The Morgan fingerprint density at radius 1 is 1.15 bits per heavy atom. The second-order valence-corrected chi connectivity index (χ2v) is 7.55. The van der Waals surface area contributed by atoms with Crippen molar-refractivity contribution in [1.82, 2.24) is 19.2 Å². The third kappa shape index (κ3) is 2.91. The minimum absolute atomic E-state index is 0.0483. The zero-order chi connectivity index (χ0) is 18.4. The van der Waals surface area contributed by atoms with Gasteiger partial charge in [-0.15, -0.1) is 5.10 Å². The van der Waals surface area contributed by atoms with E-state index >= 15 is 0 Å². The molecule has 27 heavy (non-hydrogen) atoms. The monoisotopic (exact) mass is 385 g/mol. The second kappa shape index (κ2) is 6.65. The number of anilines is 1. The Bertz CT molecular complexity index is 1040. The molecule has 0 radical (unpaired) electrons. The van der Waals surface area contributed by atoms with Crippen LogP contribution in [0, 0.1) is 0 Å². The van der Waals surface area contributed by atoms with Crippen LogP contribution in [-0.2, 0) is 11.3 Å². The molecule has 0 amide bonds. The fourth-order valence-corrected chi connectivity index (χ4v) is 4.10. The van der Waals surface area contributed by atoms with E-state index in [0.717, 1.165) is 43.9 Å². The molecule has 3 aromatic rings. The predicted molar refractivity (Wildman–Crippen MR) is 102 cm³/mol. The maximum Gasteiger partial charge on any atom is 0.280 e. The van der Waals surface area contributed by atoms with Crippen LogP contribution in [-0.4, -0.2) is 32.4 Å². The van der Waals surface area contributed by atoms with Crippen molar-refractivity contribution in [3.63, 3.8) is 0 Å². The van der Waals surface area contributed by atoms with E-state index in [1.165, 1.54) is 0 Å². The maximum absolute atomic E-state index is 12.9. The minimum atomic E-state index is -0.0483. The van der Waals surface area contributed by atoms with Gasteiger partial charge in [-0.3, -0.25) is 9.36 Å². The minimum Gasteiger partial charge on any atom is -0.381 e. The van der Waals surface area contributed by atoms with E-state index in [2.05, 4.69) is 10.3 Å². The highest BCUT2D eigenvalue weighted by Gasteiger charge is 2.26. The molecule has 2 aromatic heterocycles. The summed E-state index contributed by atoms with van der Waals surface area (Å²) in [4.78, 5) is 17.5. The molecule has 2 aliphatic rings. The quantitative estimate of drug-likeness (QED) is 0.734. The molecule has 1 N–H and O–H groups in total. The molecule has 1 aromatic carbocycles. The van der Waals surface area contributed by atoms with Gasteiger partial charge in [0.05, 0.1) is 12.2 Å². The van der Waals surface area contributed by atoms with Crippen LogP contribution in [0.2, 0.25) is 5.02 Å². The number of halogens is 1. The van der Waals surface area contributed by atoms with E-state index in [-0.39, 0.29) is 17.5 Å². The summed E-state index contributed by atoms with van der Waals surface area (Å²) in [6, 6.07) is 7.89. The average molecular weight is 386 g/mol. The van der Waals surface area contributed by atoms with E-state index in [0.29, 0.717) is 23.0 Å².